The van der Waals surface area contributed by atoms with Crippen LogP contribution in [0.25, 0.3) is 0 Å². The number of ether oxygens (including phenoxy) is 2. The van der Waals surface area contributed by atoms with Crippen molar-refractivity contribution >= 4 is 12.2 Å². The highest BCUT2D eigenvalue weighted by atomic mass is 16.6. The lowest BCUT2D eigenvalue weighted by molar-refractivity contribution is -0.0325. The zero-order valence-corrected chi connectivity index (χ0v) is 17.6. The third-order valence-electron chi connectivity index (χ3n) is 5.02. The molecule has 1 aromatic carbocycles. The topological polar surface area (TPSA) is 108 Å². The first-order valence-corrected chi connectivity index (χ1v) is 9.83. The quantitative estimate of drug-likeness (QED) is 0.666. The number of carbonyl (C=O) groups is 2. The molecule has 0 saturated carbocycles. The van der Waals surface area contributed by atoms with Crippen molar-refractivity contribution in [1.82, 2.24) is 10.2 Å². The summed E-state index contributed by atoms with van der Waals surface area (Å²) in [5.41, 5.74) is -1.25. The molecule has 162 valence electrons. The van der Waals surface area contributed by atoms with Crippen molar-refractivity contribution in [3.8, 4) is 0 Å². The van der Waals surface area contributed by atoms with Crippen molar-refractivity contribution in [2.75, 3.05) is 19.7 Å². The monoisotopic (exact) mass is 408 g/mol. The molecule has 0 aromatic heterocycles. The van der Waals surface area contributed by atoms with Crippen LogP contribution in [-0.2, 0) is 16.1 Å². The van der Waals surface area contributed by atoms with E-state index in [-0.39, 0.29) is 32.2 Å². The predicted octanol–water partition coefficient (Wildman–Crippen LogP) is 2.28. The number of hydrogen-bond acceptors (Lipinski definition) is 6. The molecule has 0 spiro atoms. The molecule has 3 atom stereocenters. The molecule has 2 rings (SSSR count). The van der Waals surface area contributed by atoms with Gasteiger partial charge in [0, 0.05) is 13.2 Å². The molecule has 1 aliphatic heterocycles. The van der Waals surface area contributed by atoms with Crippen molar-refractivity contribution in [2.24, 2.45) is 5.92 Å². The molecule has 8 nitrogen and oxygen atoms in total. The summed E-state index contributed by atoms with van der Waals surface area (Å²) in [7, 11) is 0. The van der Waals surface area contributed by atoms with Crippen molar-refractivity contribution < 1.29 is 29.3 Å². The van der Waals surface area contributed by atoms with Crippen molar-refractivity contribution in [1.29, 1.82) is 0 Å². The standard InChI is InChI=1S/C21H32N2O6/c1-15(10-11-24)21(27)14-23(12-17(21)22-18(25)29-20(2,3)4)19(26)28-13-16-8-6-5-7-9-16/h5-9,15,17,24,27H,10-14H2,1-4H3,(H,22,25). The Morgan fingerprint density at radius 1 is 1.31 bits per heavy atom. The van der Waals surface area contributed by atoms with E-state index in [0.29, 0.717) is 6.42 Å². The number of rotatable bonds is 6. The molecule has 0 aliphatic carbocycles. The number of nitrogens with zero attached hydrogens (tertiary/aromatic N) is 1. The van der Waals surface area contributed by atoms with Gasteiger partial charge in [0.2, 0.25) is 0 Å². The van der Waals surface area contributed by atoms with Crippen LogP contribution in [0, 0.1) is 5.92 Å². The van der Waals surface area contributed by atoms with Gasteiger partial charge in [-0.2, -0.15) is 0 Å². The van der Waals surface area contributed by atoms with Crippen molar-refractivity contribution in [3.05, 3.63) is 35.9 Å². The van der Waals surface area contributed by atoms with E-state index >= 15 is 0 Å². The molecule has 29 heavy (non-hydrogen) atoms. The number of aliphatic hydroxyl groups is 2. The van der Waals surface area contributed by atoms with Crippen LogP contribution in [-0.4, -0.2) is 64.2 Å². The predicted molar refractivity (Wildman–Crippen MR) is 107 cm³/mol. The van der Waals surface area contributed by atoms with E-state index in [1.807, 2.05) is 30.3 Å². The molecule has 1 heterocycles. The molecule has 1 fully saturated rings. The molecule has 0 radical (unpaired) electrons. The maximum Gasteiger partial charge on any atom is 0.410 e. The number of amides is 2. The maximum absolute atomic E-state index is 12.5. The van der Waals surface area contributed by atoms with Crippen LogP contribution >= 0.6 is 0 Å². The van der Waals surface area contributed by atoms with E-state index in [2.05, 4.69) is 5.32 Å². The van der Waals surface area contributed by atoms with Gasteiger partial charge in [0.25, 0.3) is 0 Å². The van der Waals surface area contributed by atoms with Gasteiger partial charge in [-0.05, 0) is 38.7 Å². The molecular weight excluding hydrogens is 376 g/mol. The minimum atomic E-state index is -1.41. The minimum absolute atomic E-state index is 0.0117. The van der Waals surface area contributed by atoms with E-state index in [4.69, 9.17) is 9.47 Å². The highest BCUT2D eigenvalue weighted by molar-refractivity contribution is 5.71. The Hall–Kier alpha value is -2.32. The first-order chi connectivity index (χ1) is 13.5. The van der Waals surface area contributed by atoms with Gasteiger partial charge in [0.05, 0.1) is 12.6 Å². The fourth-order valence-electron chi connectivity index (χ4n) is 3.37. The van der Waals surface area contributed by atoms with Crippen LogP contribution in [0.1, 0.15) is 39.7 Å². The summed E-state index contributed by atoms with van der Waals surface area (Å²) in [6.45, 7) is 7.09. The fourth-order valence-corrected chi connectivity index (χ4v) is 3.37. The van der Waals surface area contributed by atoms with E-state index in [1.165, 1.54) is 4.90 Å². The number of carbonyl (C=O) groups excluding carboxylic acids is 2. The van der Waals surface area contributed by atoms with E-state index in [0.717, 1.165) is 5.56 Å². The van der Waals surface area contributed by atoms with Crippen LogP contribution in [0.5, 0.6) is 0 Å². The third kappa shape index (κ3) is 6.33. The summed E-state index contributed by atoms with van der Waals surface area (Å²) in [6, 6.07) is 8.54. The normalized spacial score (nSPS) is 22.8. The number of aliphatic hydroxyl groups excluding tert-OH is 1. The summed E-state index contributed by atoms with van der Waals surface area (Å²) in [5.74, 6) is -0.362. The molecule has 2 amide bonds. The lowest BCUT2D eigenvalue weighted by Gasteiger charge is -2.35. The van der Waals surface area contributed by atoms with Gasteiger partial charge in [-0.25, -0.2) is 9.59 Å². The van der Waals surface area contributed by atoms with Gasteiger partial charge >= 0.3 is 12.2 Å². The Balaban J connectivity index is 2.07. The van der Waals surface area contributed by atoms with Crippen LogP contribution in [0.2, 0.25) is 0 Å². The Morgan fingerprint density at radius 3 is 2.55 bits per heavy atom. The first-order valence-electron chi connectivity index (χ1n) is 9.83. The van der Waals surface area contributed by atoms with E-state index in [9.17, 15) is 19.8 Å². The lowest BCUT2D eigenvalue weighted by atomic mass is 9.82. The van der Waals surface area contributed by atoms with Crippen molar-refractivity contribution in [3.63, 3.8) is 0 Å². The third-order valence-corrected chi connectivity index (χ3v) is 5.02. The highest BCUT2D eigenvalue weighted by Crippen LogP contribution is 2.32. The molecule has 3 N–H and O–H groups in total. The Morgan fingerprint density at radius 2 is 1.97 bits per heavy atom. The van der Waals surface area contributed by atoms with Gasteiger partial charge in [-0.3, -0.25) is 0 Å². The molecular formula is C21H32N2O6. The molecule has 1 aromatic rings. The number of benzene rings is 1. The van der Waals surface area contributed by atoms with Gasteiger partial charge in [-0.1, -0.05) is 37.3 Å². The Bertz CT molecular complexity index is 690. The summed E-state index contributed by atoms with van der Waals surface area (Å²) in [4.78, 5) is 26.2. The summed E-state index contributed by atoms with van der Waals surface area (Å²) < 4.78 is 10.6. The molecule has 1 saturated heterocycles. The van der Waals surface area contributed by atoms with Gasteiger partial charge < -0.3 is 29.9 Å². The molecule has 0 bridgehead atoms. The summed E-state index contributed by atoms with van der Waals surface area (Å²) in [5, 5.41) is 23.2. The second-order valence-electron chi connectivity index (χ2n) is 8.52. The molecule has 8 heteroatoms. The zero-order valence-electron chi connectivity index (χ0n) is 17.6. The smallest absolute Gasteiger partial charge is 0.410 e. The van der Waals surface area contributed by atoms with Crippen LogP contribution in [0.15, 0.2) is 30.3 Å². The first kappa shape index (κ1) is 23.0. The van der Waals surface area contributed by atoms with Gasteiger partial charge in [0.1, 0.15) is 17.8 Å². The highest BCUT2D eigenvalue weighted by Gasteiger charge is 2.51. The SMILES string of the molecule is CC(CCO)C1(O)CN(C(=O)OCc2ccccc2)CC1NC(=O)OC(C)(C)C. The Kier molecular flexibility index (Phi) is 7.48. The molecule has 3 unspecified atom stereocenters. The second kappa shape index (κ2) is 9.45. The van der Waals surface area contributed by atoms with E-state index in [1.54, 1.807) is 27.7 Å². The molecule has 1 aliphatic rings. The van der Waals surface area contributed by atoms with Gasteiger partial charge in [0.15, 0.2) is 0 Å². The second-order valence-corrected chi connectivity index (χ2v) is 8.52. The average Bonchev–Trinajstić information content (AvgIpc) is 2.97. The van der Waals surface area contributed by atoms with Crippen molar-refractivity contribution in [2.45, 2.75) is 58.0 Å². The lowest BCUT2D eigenvalue weighted by Crippen LogP contribution is -2.56. The zero-order chi connectivity index (χ0) is 21.7. The average molecular weight is 408 g/mol. The van der Waals surface area contributed by atoms with Crippen LogP contribution in [0.4, 0.5) is 9.59 Å². The number of likely N-dealkylation sites (tertiary alicyclic amines) is 1. The fraction of sp³-hybridized carbons (Fsp3) is 0.619. The Labute approximate surface area is 171 Å². The largest absolute Gasteiger partial charge is 0.445 e. The van der Waals surface area contributed by atoms with Crippen LogP contribution < -0.4 is 5.32 Å². The summed E-state index contributed by atoms with van der Waals surface area (Å²) >= 11 is 0. The maximum atomic E-state index is 12.5. The number of hydrogen-bond donors (Lipinski definition) is 3. The van der Waals surface area contributed by atoms with E-state index < -0.39 is 29.4 Å². The number of alkyl carbamates (subject to hydrolysis) is 1. The summed E-state index contributed by atoms with van der Waals surface area (Å²) in [6.07, 6.45) is -0.913. The number of nitrogens with one attached hydrogen (secondary N) is 1. The minimum Gasteiger partial charge on any atom is -0.445 e. The van der Waals surface area contributed by atoms with Gasteiger partial charge in [-0.15, -0.1) is 0 Å². The number of β-amino-alcohol motifs (C(OH)–C–C–N with tert-alkyl or cyclic N) is 1. The van der Waals surface area contributed by atoms with Crippen LogP contribution in [0.3, 0.4) is 0 Å².